The van der Waals surface area contributed by atoms with Crippen LogP contribution in [0.1, 0.15) is 12.8 Å². The van der Waals surface area contributed by atoms with Gasteiger partial charge in [-0.05, 0) is 31.4 Å². The van der Waals surface area contributed by atoms with Crippen LogP contribution in [0.25, 0.3) is 0 Å². The summed E-state index contributed by atoms with van der Waals surface area (Å²) in [5.41, 5.74) is -0.203. The van der Waals surface area contributed by atoms with Crippen molar-refractivity contribution in [3.63, 3.8) is 0 Å². The van der Waals surface area contributed by atoms with Crippen molar-refractivity contribution in [2.75, 3.05) is 18.6 Å². The van der Waals surface area contributed by atoms with Gasteiger partial charge in [0.15, 0.2) is 0 Å². The zero-order valence-electron chi connectivity index (χ0n) is 6.18. The lowest BCUT2D eigenvalue weighted by Gasteiger charge is -2.29. The molecule has 1 rings (SSSR count). The van der Waals surface area contributed by atoms with Crippen molar-refractivity contribution < 1.29 is 0 Å². The van der Waals surface area contributed by atoms with Crippen LogP contribution in [0.3, 0.4) is 0 Å². The molecular formula is C7H12N2S. The number of nitrogens with zero attached hydrogens (tertiary/aromatic N) is 1. The third-order valence-corrected chi connectivity index (χ3v) is 3.02. The summed E-state index contributed by atoms with van der Waals surface area (Å²) in [7, 11) is 1.87. The molecule has 0 aromatic rings. The van der Waals surface area contributed by atoms with E-state index in [1.165, 1.54) is 0 Å². The monoisotopic (exact) mass is 156 g/mol. The number of nitriles is 1. The molecule has 0 aromatic carbocycles. The smallest absolute Gasteiger partial charge is 0.108 e. The Labute approximate surface area is 66.0 Å². The molecule has 1 saturated heterocycles. The molecule has 1 fully saturated rings. The Kier molecular flexibility index (Phi) is 2.58. The minimum atomic E-state index is -0.203. The van der Waals surface area contributed by atoms with Gasteiger partial charge in [0, 0.05) is 0 Å². The Morgan fingerprint density at radius 1 is 1.50 bits per heavy atom. The molecule has 0 spiro atoms. The van der Waals surface area contributed by atoms with Gasteiger partial charge in [-0.25, -0.2) is 0 Å². The van der Waals surface area contributed by atoms with Crippen molar-refractivity contribution in [3.8, 4) is 6.07 Å². The van der Waals surface area contributed by atoms with Crippen molar-refractivity contribution in [2.45, 2.75) is 18.4 Å². The van der Waals surface area contributed by atoms with E-state index in [1.54, 1.807) is 0 Å². The zero-order chi connectivity index (χ0) is 7.45. The van der Waals surface area contributed by atoms with Crippen molar-refractivity contribution in [2.24, 2.45) is 0 Å². The quantitative estimate of drug-likeness (QED) is 0.615. The lowest BCUT2D eigenvalue weighted by Crippen LogP contribution is -2.44. The number of nitrogens with one attached hydrogen (secondary N) is 1. The van der Waals surface area contributed by atoms with Crippen LogP contribution in [0, 0.1) is 11.3 Å². The summed E-state index contributed by atoms with van der Waals surface area (Å²) in [5, 5.41) is 11.9. The van der Waals surface area contributed by atoms with Gasteiger partial charge in [-0.1, -0.05) is 0 Å². The molecule has 0 atom stereocenters. The Morgan fingerprint density at radius 2 is 2.10 bits per heavy atom. The second-order valence-corrected chi connectivity index (χ2v) is 3.78. The van der Waals surface area contributed by atoms with Gasteiger partial charge in [-0.15, -0.1) is 0 Å². The van der Waals surface area contributed by atoms with Crippen LogP contribution in [-0.4, -0.2) is 24.1 Å². The molecule has 1 heterocycles. The standard InChI is InChI=1S/C7H12N2S/c1-9-7(6-8)2-4-10-5-3-7/h9H,2-5H2,1H3. The summed E-state index contributed by atoms with van der Waals surface area (Å²) in [6, 6.07) is 2.34. The molecule has 56 valence electrons. The number of rotatable bonds is 1. The van der Waals surface area contributed by atoms with E-state index in [2.05, 4.69) is 11.4 Å². The van der Waals surface area contributed by atoms with Crippen LogP contribution in [0.5, 0.6) is 0 Å². The van der Waals surface area contributed by atoms with Crippen LogP contribution >= 0.6 is 11.8 Å². The van der Waals surface area contributed by atoms with Gasteiger partial charge in [0.1, 0.15) is 5.54 Å². The van der Waals surface area contributed by atoms with Gasteiger partial charge in [0.2, 0.25) is 0 Å². The fraction of sp³-hybridized carbons (Fsp3) is 0.857. The molecule has 1 N–H and O–H groups in total. The fourth-order valence-electron chi connectivity index (χ4n) is 1.14. The minimum Gasteiger partial charge on any atom is -0.302 e. The van der Waals surface area contributed by atoms with E-state index in [9.17, 15) is 0 Å². The van der Waals surface area contributed by atoms with Gasteiger partial charge >= 0.3 is 0 Å². The molecule has 0 aromatic heterocycles. The van der Waals surface area contributed by atoms with E-state index in [1.807, 2.05) is 18.8 Å². The molecular weight excluding hydrogens is 144 g/mol. The molecule has 0 saturated carbocycles. The Bertz CT molecular complexity index is 144. The van der Waals surface area contributed by atoms with Crippen LogP contribution < -0.4 is 5.32 Å². The lowest BCUT2D eigenvalue weighted by molar-refractivity contribution is 0.418. The maximum atomic E-state index is 8.82. The van der Waals surface area contributed by atoms with E-state index in [0.29, 0.717) is 0 Å². The summed E-state index contributed by atoms with van der Waals surface area (Å²) >= 11 is 1.94. The molecule has 1 aliphatic heterocycles. The van der Waals surface area contributed by atoms with Gasteiger partial charge in [0.25, 0.3) is 0 Å². The molecule has 0 unspecified atom stereocenters. The summed E-state index contributed by atoms with van der Waals surface area (Å²) in [4.78, 5) is 0. The second-order valence-electron chi connectivity index (χ2n) is 2.56. The number of hydrogen-bond donors (Lipinski definition) is 1. The first-order chi connectivity index (χ1) is 4.83. The van der Waals surface area contributed by atoms with E-state index in [4.69, 9.17) is 5.26 Å². The highest BCUT2D eigenvalue weighted by Gasteiger charge is 2.29. The van der Waals surface area contributed by atoms with Crippen molar-refractivity contribution >= 4 is 11.8 Å². The average molecular weight is 156 g/mol. The van der Waals surface area contributed by atoms with Gasteiger partial charge < -0.3 is 5.32 Å². The van der Waals surface area contributed by atoms with Crippen molar-refractivity contribution in [3.05, 3.63) is 0 Å². The largest absolute Gasteiger partial charge is 0.302 e. The van der Waals surface area contributed by atoms with Crippen LogP contribution in [-0.2, 0) is 0 Å². The molecule has 2 nitrogen and oxygen atoms in total. The zero-order valence-corrected chi connectivity index (χ0v) is 7.00. The van der Waals surface area contributed by atoms with Crippen LogP contribution in [0.15, 0.2) is 0 Å². The minimum absolute atomic E-state index is 0.203. The Balaban J connectivity index is 2.55. The van der Waals surface area contributed by atoms with E-state index >= 15 is 0 Å². The maximum Gasteiger partial charge on any atom is 0.108 e. The van der Waals surface area contributed by atoms with E-state index in [-0.39, 0.29) is 5.54 Å². The molecule has 0 radical (unpaired) electrons. The van der Waals surface area contributed by atoms with Crippen LogP contribution in [0.4, 0.5) is 0 Å². The highest BCUT2D eigenvalue weighted by Crippen LogP contribution is 2.25. The van der Waals surface area contributed by atoms with Gasteiger partial charge in [0.05, 0.1) is 6.07 Å². The second kappa shape index (κ2) is 3.27. The SMILES string of the molecule is CNC1(C#N)CCSCC1. The Morgan fingerprint density at radius 3 is 2.40 bits per heavy atom. The van der Waals surface area contributed by atoms with Gasteiger partial charge in [-0.2, -0.15) is 17.0 Å². The normalized spacial score (nSPS) is 23.6. The van der Waals surface area contributed by atoms with Crippen LogP contribution in [0.2, 0.25) is 0 Å². The first-order valence-corrected chi connectivity index (χ1v) is 4.66. The molecule has 0 aliphatic carbocycles. The highest BCUT2D eigenvalue weighted by atomic mass is 32.2. The first kappa shape index (κ1) is 7.90. The molecule has 3 heteroatoms. The highest BCUT2D eigenvalue weighted by molar-refractivity contribution is 7.99. The topological polar surface area (TPSA) is 35.8 Å². The van der Waals surface area contributed by atoms with E-state index in [0.717, 1.165) is 24.3 Å². The summed E-state index contributed by atoms with van der Waals surface area (Å²) < 4.78 is 0. The average Bonchev–Trinajstić information content (AvgIpc) is 2.06. The predicted octanol–water partition coefficient (Wildman–Crippen LogP) is 0.995. The number of hydrogen-bond acceptors (Lipinski definition) is 3. The third kappa shape index (κ3) is 1.44. The predicted molar refractivity (Wildman–Crippen MR) is 44.0 cm³/mol. The van der Waals surface area contributed by atoms with E-state index < -0.39 is 0 Å². The molecule has 0 bridgehead atoms. The van der Waals surface area contributed by atoms with Crippen molar-refractivity contribution in [1.82, 2.24) is 5.32 Å². The maximum absolute atomic E-state index is 8.82. The molecule has 10 heavy (non-hydrogen) atoms. The third-order valence-electron chi connectivity index (χ3n) is 2.04. The fourth-order valence-corrected chi connectivity index (χ4v) is 2.33. The van der Waals surface area contributed by atoms with Gasteiger partial charge in [-0.3, -0.25) is 0 Å². The Hall–Kier alpha value is -0.200. The lowest BCUT2D eigenvalue weighted by atomic mass is 9.95. The van der Waals surface area contributed by atoms with Crippen molar-refractivity contribution in [1.29, 1.82) is 5.26 Å². The molecule has 0 amide bonds. The summed E-state index contributed by atoms with van der Waals surface area (Å²) in [6.07, 6.45) is 1.98. The first-order valence-electron chi connectivity index (χ1n) is 3.51. The summed E-state index contributed by atoms with van der Waals surface area (Å²) in [6.45, 7) is 0. The number of thioether (sulfide) groups is 1. The summed E-state index contributed by atoms with van der Waals surface area (Å²) in [5.74, 6) is 2.24. The molecule has 1 aliphatic rings.